The van der Waals surface area contributed by atoms with E-state index in [1.807, 2.05) is 48.7 Å². The van der Waals surface area contributed by atoms with Crippen molar-refractivity contribution in [2.24, 2.45) is 0 Å². The Morgan fingerprint density at radius 3 is 2.58 bits per heavy atom. The average Bonchev–Trinajstić information content (AvgIpc) is 2.47. The second-order valence-corrected chi connectivity index (χ2v) is 4.48. The Morgan fingerprint density at radius 1 is 0.947 bits per heavy atom. The molecule has 0 amide bonds. The highest BCUT2D eigenvalue weighted by Gasteiger charge is 2.01. The van der Waals surface area contributed by atoms with Crippen molar-refractivity contribution in [2.75, 3.05) is 11.1 Å². The molecule has 0 bridgehead atoms. The van der Waals surface area contributed by atoms with Crippen LogP contribution in [0.15, 0.2) is 60.8 Å². The van der Waals surface area contributed by atoms with E-state index in [1.165, 1.54) is 5.56 Å². The number of nitrogens with two attached hydrogens (primary N) is 1. The van der Waals surface area contributed by atoms with Gasteiger partial charge in [0, 0.05) is 23.8 Å². The highest BCUT2D eigenvalue weighted by Crippen LogP contribution is 2.21. The average molecular weight is 249 g/mol. The molecule has 0 saturated carbocycles. The van der Waals surface area contributed by atoms with Gasteiger partial charge in [-0.15, -0.1) is 0 Å². The standard InChI is InChI=1S/C16H15N3/c17-14-8-6-12(7-9-14)11-19-15-5-1-3-13-4-2-10-18-16(13)15/h1-10,19H,11,17H2. The van der Waals surface area contributed by atoms with Crippen LogP contribution in [-0.2, 0) is 6.54 Å². The van der Waals surface area contributed by atoms with E-state index >= 15 is 0 Å². The number of anilines is 2. The minimum absolute atomic E-state index is 0.760. The highest BCUT2D eigenvalue weighted by molar-refractivity contribution is 5.90. The lowest BCUT2D eigenvalue weighted by atomic mass is 10.1. The van der Waals surface area contributed by atoms with Crippen molar-refractivity contribution in [1.29, 1.82) is 0 Å². The number of benzene rings is 2. The van der Waals surface area contributed by atoms with E-state index in [4.69, 9.17) is 5.73 Å². The summed E-state index contributed by atoms with van der Waals surface area (Å²) < 4.78 is 0. The summed E-state index contributed by atoms with van der Waals surface area (Å²) in [5.41, 5.74) is 9.71. The number of pyridine rings is 1. The molecule has 1 heterocycles. The summed E-state index contributed by atoms with van der Waals surface area (Å²) in [4.78, 5) is 4.43. The summed E-state index contributed by atoms with van der Waals surface area (Å²) in [5, 5.41) is 4.56. The van der Waals surface area contributed by atoms with E-state index < -0.39 is 0 Å². The number of nitrogens with one attached hydrogen (secondary N) is 1. The molecule has 0 atom stereocenters. The maximum Gasteiger partial charge on any atom is 0.0933 e. The van der Waals surface area contributed by atoms with Crippen molar-refractivity contribution in [3.63, 3.8) is 0 Å². The maximum absolute atomic E-state index is 5.68. The van der Waals surface area contributed by atoms with Gasteiger partial charge < -0.3 is 11.1 Å². The number of nitrogen functional groups attached to an aromatic ring is 1. The smallest absolute Gasteiger partial charge is 0.0933 e. The van der Waals surface area contributed by atoms with Crippen LogP contribution in [-0.4, -0.2) is 4.98 Å². The Hall–Kier alpha value is -2.55. The predicted octanol–water partition coefficient (Wildman–Crippen LogP) is 3.43. The summed E-state index contributed by atoms with van der Waals surface area (Å²) in [5.74, 6) is 0. The van der Waals surface area contributed by atoms with Crippen LogP contribution in [0.4, 0.5) is 11.4 Å². The summed E-state index contributed by atoms with van der Waals surface area (Å²) in [6, 6.07) is 18.1. The fraction of sp³-hybridized carbons (Fsp3) is 0.0625. The third kappa shape index (κ3) is 2.50. The largest absolute Gasteiger partial charge is 0.399 e. The van der Waals surface area contributed by atoms with Gasteiger partial charge in [-0.25, -0.2) is 0 Å². The van der Waals surface area contributed by atoms with E-state index in [-0.39, 0.29) is 0 Å². The molecule has 3 N–H and O–H groups in total. The topological polar surface area (TPSA) is 50.9 Å². The van der Waals surface area contributed by atoms with Gasteiger partial charge in [-0.1, -0.05) is 30.3 Å². The molecule has 0 aliphatic heterocycles. The summed E-state index contributed by atoms with van der Waals surface area (Å²) in [6.45, 7) is 0.760. The van der Waals surface area contributed by atoms with Gasteiger partial charge >= 0.3 is 0 Å². The molecule has 3 heteroatoms. The monoisotopic (exact) mass is 249 g/mol. The molecule has 0 fully saturated rings. The molecule has 19 heavy (non-hydrogen) atoms. The zero-order valence-corrected chi connectivity index (χ0v) is 10.5. The second-order valence-electron chi connectivity index (χ2n) is 4.48. The van der Waals surface area contributed by atoms with E-state index in [9.17, 15) is 0 Å². The third-order valence-electron chi connectivity index (χ3n) is 3.10. The van der Waals surface area contributed by atoms with Crippen molar-refractivity contribution < 1.29 is 0 Å². The molecule has 0 aliphatic carbocycles. The van der Waals surface area contributed by atoms with Crippen molar-refractivity contribution in [1.82, 2.24) is 4.98 Å². The molecule has 3 nitrogen and oxygen atoms in total. The molecule has 0 saturated heterocycles. The molecule has 0 radical (unpaired) electrons. The fourth-order valence-corrected chi connectivity index (χ4v) is 2.08. The van der Waals surface area contributed by atoms with Crippen LogP contribution in [0.1, 0.15) is 5.56 Å². The Labute approximate surface area is 112 Å². The Balaban J connectivity index is 1.84. The quantitative estimate of drug-likeness (QED) is 0.699. The lowest BCUT2D eigenvalue weighted by molar-refractivity contribution is 1.15. The van der Waals surface area contributed by atoms with Gasteiger partial charge in [0.25, 0.3) is 0 Å². The number of rotatable bonds is 3. The molecule has 1 aromatic heterocycles. The van der Waals surface area contributed by atoms with E-state index in [1.54, 1.807) is 0 Å². The Bertz CT molecular complexity index is 684. The molecular weight excluding hydrogens is 234 g/mol. The summed E-state index contributed by atoms with van der Waals surface area (Å²) in [6.07, 6.45) is 1.82. The van der Waals surface area contributed by atoms with E-state index in [0.717, 1.165) is 28.8 Å². The van der Waals surface area contributed by atoms with Crippen LogP contribution in [0.25, 0.3) is 10.9 Å². The molecule has 94 valence electrons. The van der Waals surface area contributed by atoms with Crippen molar-refractivity contribution in [2.45, 2.75) is 6.54 Å². The number of fused-ring (bicyclic) bond motifs is 1. The highest BCUT2D eigenvalue weighted by atomic mass is 14.9. The van der Waals surface area contributed by atoms with Crippen LogP contribution in [0.2, 0.25) is 0 Å². The Kier molecular flexibility index (Phi) is 3.02. The molecule has 0 aliphatic rings. The van der Waals surface area contributed by atoms with Crippen molar-refractivity contribution in [3.8, 4) is 0 Å². The predicted molar refractivity (Wildman–Crippen MR) is 79.9 cm³/mol. The van der Waals surface area contributed by atoms with Gasteiger partial charge in [-0.2, -0.15) is 0 Å². The zero-order valence-electron chi connectivity index (χ0n) is 10.5. The molecule has 0 spiro atoms. The molecule has 2 aromatic carbocycles. The number of nitrogens with zero attached hydrogens (tertiary/aromatic N) is 1. The fourth-order valence-electron chi connectivity index (χ4n) is 2.08. The van der Waals surface area contributed by atoms with Gasteiger partial charge in [0.15, 0.2) is 0 Å². The third-order valence-corrected chi connectivity index (χ3v) is 3.10. The minimum Gasteiger partial charge on any atom is -0.399 e. The minimum atomic E-state index is 0.760. The first kappa shape index (κ1) is 11.5. The van der Waals surface area contributed by atoms with Gasteiger partial charge in [-0.3, -0.25) is 4.98 Å². The summed E-state index contributed by atoms with van der Waals surface area (Å²) in [7, 11) is 0. The van der Waals surface area contributed by atoms with Crippen LogP contribution >= 0.6 is 0 Å². The SMILES string of the molecule is Nc1ccc(CNc2cccc3cccnc23)cc1. The van der Waals surface area contributed by atoms with Gasteiger partial charge in [0.05, 0.1) is 11.2 Å². The zero-order chi connectivity index (χ0) is 13.1. The van der Waals surface area contributed by atoms with Crippen molar-refractivity contribution in [3.05, 3.63) is 66.4 Å². The molecule has 3 rings (SSSR count). The first-order chi connectivity index (χ1) is 9.33. The number of hydrogen-bond donors (Lipinski definition) is 2. The van der Waals surface area contributed by atoms with Gasteiger partial charge in [0.1, 0.15) is 0 Å². The van der Waals surface area contributed by atoms with E-state index in [2.05, 4.69) is 22.4 Å². The van der Waals surface area contributed by atoms with Crippen molar-refractivity contribution >= 4 is 22.3 Å². The number of aromatic nitrogens is 1. The molecule has 0 unspecified atom stereocenters. The van der Waals surface area contributed by atoms with Gasteiger partial charge in [-0.05, 0) is 29.8 Å². The molecular formula is C16H15N3. The number of hydrogen-bond acceptors (Lipinski definition) is 3. The second kappa shape index (κ2) is 4.98. The lowest BCUT2D eigenvalue weighted by Gasteiger charge is -2.09. The maximum atomic E-state index is 5.68. The lowest BCUT2D eigenvalue weighted by Crippen LogP contribution is -2.00. The van der Waals surface area contributed by atoms with Crippen LogP contribution in [0, 0.1) is 0 Å². The first-order valence-electron chi connectivity index (χ1n) is 6.25. The van der Waals surface area contributed by atoms with Crippen LogP contribution in [0.3, 0.4) is 0 Å². The van der Waals surface area contributed by atoms with Crippen LogP contribution in [0.5, 0.6) is 0 Å². The molecule has 3 aromatic rings. The normalized spacial score (nSPS) is 10.5. The summed E-state index contributed by atoms with van der Waals surface area (Å²) >= 11 is 0. The van der Waals surface area contributed by atoms with Crippen LogP contribution < -0.4 is 11.1 Å². The van der Waals surface area contributed by atoms with E-state index in [0.29, 0.717) is 0 Å². The van der Waals surface area contributed by atoms with Gasteiger partial charge in [0.2, 0.25) is 0 Å². The first-order valence-corrected chi connectivity index (χ1v) is 6.25. The Morgan fingerprint density at radius 2 is 1.74 bits per heavy atom. The number of para-hydroxylation sites is 1.